The Hall–Kier alpha value is -2.45. The van der Waals surface area contributed by atoms with Crippen LogP contribution in [0.5, 0.6) is 5.75 Å². The van der Waals surface area contributed by atoms with Crippen LogP contribution in [-0.4, -0.2) is 49.7 Å². The van der Waals surface area contributed by atoms with Crippen molar-refractivity contribution in [3.63, 3.8) is 0 Å². The number of benzene rings is 3. The van der Waals surface area contributed by atoms with Crippen LogP contribution in [0.3, 0.4) is 0 Å². The van der Waals surface area contributed by atoms with E-state index in [4.69, 9.17) is 25.5 Å². The molecule has 2 aliphatic rings. The predicted molar refractivity (Wildman–Crippen MR) is 166 cm³/mol. The van der Waals surface area contributed by atoms with Crippen LogP contribution in [-0.2, 0) is 9.16 Å². The third-order valence-corrected chi connectivity index (χ3v) is 13.8. The topological polar surface area (TPSA) is 68.2 Å². The number of hydrogen-bond donors (Lipinski definition) is 2. The number of ether oxygens (including phenoxy) is 2. The van der Waals surface area contributed by atoms with Gasteiger partial charge >= 0.3 is 0 Å². The van der Waals surface area contributed by atoms with Crippen molar-refractivity contribution in [1.82, 2.24) is 0 Å². The Labute approximate surface area is 249 Å². The van der Waals surface area contributed by atoms with Crippen molar-refractivity contribution in [1.29, 1.82) is 0 Å². The monoisotopic (exact) mass is 592 g/mol. The highest BCUT2D eigenvalue weighted by atomic mass is 35.5. The Bertz CT molecular complexity index is 1260. The summed E-state index contributed by atoms with van der Waals surface area (Å²) in [4.78, 5) is 0. The van der Waals surface area contributed by atoms with E-state index in [9.17, 15) is 10.2 Å². The van der Waals surface area contributed by atoms with Gasteiger partial charge in [0.1, 0.15) is 12.4 Å². The summed E-state index contributed by atoms with van der Waals surface area (Å²) in [5.74, 6) is 0.599. The molecule has 3 aromatic carbocycles. The standard InChI is InChI=1S/C34H41ClO5Si/c1-34(2,3)41(27-13-6-4-7-14-27,28-15-8-5-9-16-28)40-26(23-38-25-12-10-11-24(35)21-25)17-18-29-30-22-33(37)39-32(30)20-19-31(29)36/h4-18,21,26,29-33,36-37H,19-20,22-23H2,1-3H3/b18-17+/t26?,29-,30-,31-,32+,33?/m1/s1. The van der Waals surface area contributed by atoms with Crippen LogP contribution < -0.4 is 15.1 Å². The fraction of sp³-hybridized carbons (Fsp3) is 0.412. The van der Waals surface area contributed by atoms with Gasteiger partial charge in [0.05, 0.1) is 18.3 Å². The van der Waals surface area contributed by atoms with E-state index in [-0.39, 0.29) is 29.6 Å². The first-order valence-electron chi connectivity index (χ1n) is 14.5. The van der Waals surface area contributed by atoms with Gasteiger partial charge < -0.3 is 24.1 Å². The molecule has 1 heterocycles. The van der Waals surface area contributed by atoms with Crippen LogP contribution in [0.2, 0.25) is 10.1 Å². The molecule has 0 amide bonds. The van der Waals surface area contributed by atoms with E-state index >= 15 is 0 Å². The molecule has 1 saturated carbocycles. The zero-order valence-electron chi connectivity index (χ0n) is 24.0. The quantitative estimate of drug-likeness (QED) is 0.246. The maximum absolute atomic E-state index is 11.0. The third kappa shape index (κ3) is 6.64. The van der Waals surface area contributed by atoms with Crippen molar-refractivity contribution < 1.29 is 24.1 Å². The molecule has 218 valence electrons. The van der Waals surface area contributed by atoms with Crippen LogP contribution >= 0.6 is 11.6 Å². The van der Waals surface area contributed by atoms with Crippen molar-refractivity contribution >= 4 is 30.3 Å². The van der Waals surface area contributed by atoms with Gasteiger partial charge in [0, 0.05) is 17.4 Å². The van der Waals surface area contributed by atoms with Crippen LogP contribution in [0.4, 0.5) is 0 Å². The molecule has 2 unspecified atom stereocenters. The van der Waals surface area contributed by atoms with E-state index in [1.807, 2.05) is 30.3 Å². The SMILES string of the molecule is CC(C)(C)[Si](OC(/C=C/[C@@H]1[C@H]2CC(O)O[C@H]2CC[C@H]1O)COc1cccc(Cl)c1)(c1ccccc1)c1ccccc1. The molecule has 1 aliphatic heterocycles. The first kappa shape index (κ1) is 30.0. The Morgan fingerprint density at radius 1 is 0.951 bits per heavy atom. The normalized spacial score (nSPS) is 25.7. The van der Waals surface area contributed by atoms with Gasteiger partial charge in [-0.15, -0.1) is 0 Å². The summed E-state index contributed by atoms with van der Waals surface area (Å²) in [6.07, 6.45) is 4.33. The average molecular weight is 593 g/mol. The molecule has 2 fully saturated rings. The highest BCUT2D eigenvalue weighted by molar-refractivity contribution is 6.99. The first-order valence-corrected chi connectivity index (χ1v) is 16.8. The van der Waals surface area contributed by atoms with E-state index in [1.54, 1.807) is 6.07 Å². The summed E-state index contributed by atoms with van der Waals surface area (Å²) < 4.78 is 19.5. The molecule has 5 rings (SSSR count). The molecule has 6 atom stereocenters. The Morgan fingerprint density at radius 3 is 2.22 bits per heavy atom. The van der Waals surface area contributed by atoms with Crippen LogP contribution in [0, 0.1) is 11.8 Å². The average Bonchev–Trinajstić information content (AvgIpc) is 3.34. The summed E-state index contributed by atoms with van der Waals surface area (Å²) in [6.45, 7) is 7.04. The minimum atomic E-state index is -2.89. The molecular formula is C34H41ClO5Si. The zero-order valence-corrected chi connectivity index (χ0v) is 25.8. The van der Waals surface area contributed by atoms with Gasteiger partial charge in [-0.1, -0.05) is 111 Å². The van der Waals surface area contributed by atoms with Crippen molar-refractivity contribution in [3.8, 4) is 5.75 Å². The molecule has 0 spiro atoms. The Morgan fingerprint density at radius 2 is 1.61 bits per heavy atom. The van der Waals surface area contributed by atoms with E-state index < -0.39 is 26.8 Å². The lowest BCUT2D eigenvalue weighted by atomic mass is 9.74. The largest absolute Gasteiger partial charge is 0.491 e. The molecular weight excluding hydrogens is 552 g/mol. The number of rotatable bonds is 9. The number of halogens is 1. The number of fused-ring (bicyclic) bond motifs is 1. The van der Waals surface area contributed by atoms with E-state index in [0.717, 1.165) is 6.42 Å². The molecule has 1 aliphatic carbocycles. The van der Waals surface area contributed by atoms with Gasteiger partial charge in [0.2, 0.25) is 0 Å². The highest BCUT2D eigenvalue weighted by Crippen LogP contribution is 2.42. The molecule has 0 radical (unpaired) electrons. The smallest absolute Gasteiger partial charge is 0.262 e. The fourth-order valence-electron chi connectivity index (χ4n) is 6.55. The first-order chi connectivity index (χ1) is 19.7. The second-order valence-corrected chi connectivity index (χ2v) is 16.9. The van der Waals surface area contributed by atoms with E-state index in [0.29, 0.717) is 23.6 Å². The summed E-state index contributed by atoms with van der Waals surface area (Å²) in [5.41, 5.74) is 0. The number of aliphatic hydroxyl groups excluding tert-OH is 2. The Kier molecular flexibility index (Phi) is 9.39. The van der Waals surface area contributed by atoms with Crippen molar-refractivity contribution in [3.05, 3.63) is 102 Å². The van der Waals surface area contributed by atoms with Crippen LogP contribution in [0.15, 0.2) is 97.1 Å². The van der Waals surface area contributed by atoms with Gasteiger partial charge in [-0.2, -0.15) is 0 Å². The minimum absolute atomic E-state index is 0.0400. The fourth-order valence-corrected chi connectivity index (χ4v) is 11.3. The number of aliphatic hydroxyl groups is 2. The third-order valence-electron chi connectivity index (χ3n) is 8.47. The second kappa shape index (κ2) is 12.8. The maximum Gasteiger partial charge on any atom is 0.262 e. The van der Waals surface area contributed by atoms with Gasteiger partial charge in [0.15, 0.2) is 6.29 Å². The molecule has 7 heteroatoms. The van der Waals surface area contributed by atoms with E-state index in [1.165, 1.54) is 10.4 Å². The van der Waals surface area contributed by atoms with Gasteiger partial charge in [-0.25, -0.2) is 0 Å². The number of hydrogen-bond acceptors (Lipinski definition) is 5. The van der Waals surface area contributed by atoms with Gasteiger partial charge in [-0.05, 0) is 52.4 Å². The molecule has 3 aromatic rings. The lowest BCUT2D eigenvalue weighted by Crippen LogP contribution is -2.68. The van der Waals surface area contributed by atoms with Gasteiger partial charge in [0.25, 0.3) is 8.32 Å². The van der Waals surface area contributed by atoms with Crippen LogP contribution in [0.1, 0.15) is 40.0 Å². The maximum atomic E-state index is 11.0. The molecule has 2 N–H and O–H groups in total. The van der Waals surface area contributed by atoms with Crippen molar-refractivity contribution in [2.75, 3.05) is 6.61 Å². The minimum Gasteiger partial charge on any atom is -0.491 e. The van der Waals surface area contributed by atoms with Crippen LogP contribution in [0.25, 0.3) is 0 Å². The summed E-state index contributed by atoms with van der Waals surface area (Å²) in [6, 6.07) is 28.5. The lowest BCUT2D eigenvalue weighted by molar-refractivity contribution is -0.104. The molecule has 1 saturated heterocycles. The lowest BCUT2D eigenvalue weighted by Gasteiger charge is -2.44. The van der Waals surface area contributed by atoms with E-state index in [2.05, 4.69) is 81.5 Å². The summed E-state index contributed by atoms with van der Waals surface area (Å²) >= 11 is 6.25. The zero-order chi connectivity index (χ0) is 29.0. The predicted octanol–water partition coefficient (Wildman–Crippen LogP) is 5.71. The van der Waals surface area contributed by atoms with Crippen molar-refractivity contribution in [2.45, 2.75) is 69.7 Å². The summed E-state index contributed by atoms with van der Waals surface area (Å²) in [7, 11) is -2.89. The second-order valence-electron chi connectivity index (χ2n) is 12.2. The van der Waals surface area contributed by atoms with Gasteiger partial charge in [-0.3, -0.25) is 0 Å². The molecule has 0 aromatic heterocycles. The molecule has 0 bridgehead atoms. The summed E-state index contributed by atoms with van der Waals surface area (Å²) in [5, 5.41) is 24.0. The molecule has 5 nitrogen and oxygen atoms in total. The Balaban J connectivity index is 1.54. The van der Waals surface area contributed by atoms with Crippen molar-refractivity contribution in [2.24, 2.45) is 11.8 Å². The highest BCUT2D eigenvalue weighted by Gasteiger charge is 2.51. The molecule has 41 heavy (non-hydrogen) atoms.